The van der Waals surface area contributed by atoms with E-state index < -0.39 is 18.1 Å². The average Bonchev–Trinajstić information content (AvgIpc) is 3.19. The van der Waals surface area contributed by atoms with Crippen molar-refractivity contribution >= 4 is 29.1 Å². The van der Waals surface area contributed by atoms with Crippen LogP contribution in [0.3, 0.4) is 0 Å². The van der Waals surface area contributed by atoms with Gasteiger partial charge in [-0.25, -0.2) is 5.06 Å². The van der Waals surface area contributed by atoms with E-state index in [9.17, 15) is 9.59 Å². The molecule has 0 radical (unpaired) electrons. The number of aromatic nitrogens is 1. The third kappa shape index (κ3) is 3.07. The van der Waals surface area contributed by atoms with Crippen LogP contribution in [-0.4, -0.2) is 48.1 Å². The van der Waals surface area contributed by atoms with Crippen LogP contribution in [0.5, 0.6) is 0 Å². The SMILES string of the molecule is COCCN1C(=O)[C@H]2[C@@H](ON(c3ccc(Cl)cc3)[C@H]2c2ccncc2)C1=O. The maximum atomic E-state index is 13.0. The second-order valence-corrected chi connectivity index (χ2v) is 6.84. The summed E-state index contributed by atoms with van der Waals surface area (Å²) >= 11 is 5.99. The summed E-state index contributed by atoms with van der Waals surface area (Å²) in [6, 6.07) is 10.3. The van der Waals surface area contributed by atoms with Crippen LogP contribution in [-0.2, 0) is 19.2 Å². The molecule has 0 saturated carbocycles. The predicted molar refractivity (Wildman–Crippen MR) is 97.9 cm³/mol. The molecular formula is C19H18ClN3O4. The van der Waals surface area contributed by atoms with E-state index in [1.165, 1.54) is 12.0 Å². The fraction of sp³-hybridized carbons (Fsp3) is 0.316. The zero-order chi connectivity index (χ0) is 19.0. The summed E-state index contributed by atoms with van der Waals surface area (Å²) in [4.78, 5) is 37.1. The molecule has 0 N–H and O–H groups in total. The average molecular weight is 388 g/mol. The molecule has 2 aliphatic heterocycles. The Kier molecular flexibility index (Phi) is 4.82. The summed E-state index contributed by atoms with van der Waals surface area (Å²) in [6.07, 6.45) is 2.46. The Hall–Kier alpha value is -2.48. The number of likely N-dealkylation sites (tertiary alicyclic amines) is 1. The minimum atomic E-state index is -0.858. The summed E-state index contributed by atoms with van der Waals surface area (Å²) < 4.78 is 5.02. The highest BCUT2D eigenvalue weighted by Crippen LogP contribution is 2.46. The van der Waals surface area contributed by atoms with Gasteiger partial charge in [-0.05, 0) is 42.0 Å². The van der Waals surface area contributed by atoms with Crippen molar-refractivity contribution in [3.63, 3.8) is 0 Å². The molecule has 2 amide bonds. The van der Waals surface area contributed by atoms with Gasteiger partial charge in [0.25, 0.3) is 5.91 Å². The van der Waals surface area contributed by atoms with Crippen LogP contribution < -0.4 is 5.06 Å². The molecule has 2 aromatic rings. The number of carbonyl (C=O) groups is 2. The van der Waals surface area contributed by atoms with Gasteiger partial charge in [0.15, 0.2) is 6.10 Å². The molecule has 140 valence electrons. The number of ether oxygens (including phenoxy) is 1. The molecule has 2 saturated heterocycles. The Morgan fingerprint density at radius 2 is 1.81 bits per heavy atom. The van der Waals surface area contributed by atoms with E-state index in [2.05, 4.69) is 4.98 Å². The number of halogens is 1. The maximum absolute atomic E-state index is 13.0. The van der Waals surface area contributed by atoms with Crippen molar-refractivity contribution in [3.8, 4) is 0 Å². The first-order chi connectivity index (χ1) is 13.1. The number of hydrogen-bond acceptors (Lipinski definition) is 6. The summed E-state index contributed by atoms with van der Waals surface area (Å²) in [5.74, 6) is -1.22. The van der Waals surface area contributed by atoms with Gasteiger partial charge in [-0.2, -0.15) is 0 Å². The normalized spacial score (nSPS) is 24.6. The number of carbonyl (C=O) groups excluding carboxylic acids is 2. The molecule has 4 rings (SSSR count). The first-order valence-electron chi connectivity index (χ1n) is 8.57. The Balaban J connectivity index is 1.73. The van der Waals surface area contributed by atoms with Crippen molar-refractivity contribution in [1.82, 2.24) is 9.88 Å². The van der Waals surface area contributed by atoms with Gasteiger partial charge < -0.3 is 4.74 Å². The Labute approximate surface area is 161 Å². The second kappa shape index (κ2) is 7.26. The number of fused-ring (bicyclic) bond motifs is 1. The van der Waals surface area contributed by atoms with Crippen molar-refractivity contribution in [2.45, 2.75) is 12.1 Å². The Bertz CT molecular complexity index is 846. The number of hydrogen-bond donors (Lipinski definition) is 0. The Morgan fingerprint density at radius 3 is 2.48 bits per heavy atom. The molecule has 0 aliphatic carbocycles. The molecule has 8 heteroatoms. The van der Waals surface area contributed by atoms with E-state index in [0.717, 1.165) is 11.3 Å². The lowest BCUT2D eigenvalue weighted by molar-refractivity contribution is -0.143. The monoisotopic (exact) mass is 387 g/mol. The van der Waals surface area contributed by atoms with E-state index in [0.29, 0.717) is 5.02 Å². The number of pyridine rings is 1. The molecule has 3 atom stereocenters. The van der Waals surface area contributed by atoms with Crippen LogP contribution in [0.25, 0.3) is 0 Å². The third-order valence-corrected chi connectivity index (χ3v) is 5.11. The van der Waals surface area contributed by atoms with Crippen molar-refractivity contribution in [1.29, 1.82) is 0 Å². The van der Waals surface area contributed by atoms with Crippen LogP contribution in [0.2, 0.25) is 5.02 Å². The highest BCUT2D eigenvalue weighted by molar-refractivity contribution is 6.30. The summed E-state index contributed by atoms with van der Waals surface area (Å²) in [5.41, 5.74) is 1.57. The molecule has 1 aromatic heterocycles. The van der Waals surface area contributed by atoms with Crippen molar-refractivity contribution in [3.05, 3.63) is 59.4 Å². The van der Waals surface area contributed by atoms with Gasteiger partial charge in [-0.3, -0.25) is 24.3 Å². The molecule has 3 heterocycles. The second-order valence-electron chi connectivity index (χ2n) is 6.40. The number of imide groups is 1. The summed E-state index contributed by atoms with van der Waals surface area (Å²) in [6.45, 7) is 0.506. The quantitative estimate of drug-likeness (QED) is 0.733. The number of anilines is 1. The van der Waals surface area contributed by atoms with Crippen molar-refractivity contribution in [2.75, 3.05) is 25.3 Å². The number of nitrogens with zero attached hydrogens (tertiary/aromatic N) is 3. The van der Waals surface area contributed by atoms with Crippen molar-refractivity contribution in [2.24, 2.45) is 5.92 Å². The minimum Gasteiger partial charge on any atom is -0.383 e. The topological polar surface area (TPSA) is 72.0 Å². The molecule has 2 aliphatic rings. The van der Waals surface area contributed by atoms with E-state index in [-0.39, 0.29) is 25.0 Å². The number of amides is 2. The molecule has 0 spiro atoms. The van der Waals surface area contributed by atoms with E-state index >= 15 is 0 Å². The molecular weight excluding hydrogens is 370 g/mol. The number of benzene rings is 1. The highest BCUT2D eigenvalue weighted by atomic mass is 35.5. The zero-order valence-corrected chi connectivity index (χ0v) is 15.4. The van der Waals surface area contributed by atoms with Crippen LogP contribution >= 0.6 is 11.6 Å². The maximum Gasteiger partial charge on any atom is 0.262 e. The van der Waals surface area contributed by atoms with Gasteiger partial charge in [0, 0.05) is 24.5 Å². The number of rotatable bonds is 5. The standard InChI is InChI=1S/C19H18ClN3O4/c1-26-11-10-22-18(24)15-16(12-6-8-21-9-7-12)23(27-17(15)19(22)25)14-4-2-13(20)3-5-14/h2-9,15-17H,10-11H2,1H3/t15-,16+,17-/m1/s1. The minimum absolute atomic E-state index is 0.217. The Morgan fingerprint density at radius 1 is 1.11 bits per heavy atom. The first-order valence-corrected chi connectivity index (χ1v) is 8.95. The highest BCUT2D eigenvalue weighted by Gasteiger charge is 2.59. The lowest BCUT2D eigenvalue weighted by Crippen LogP contribution is -2.39. The zero-order valence-electron chi connectivity index (χ0n) is 14.6. The molecule has 1 aromatic carbocycles. The largest absolute Gasteiger partial charge is 0.383 e. The van der Waals surface area contributed by atoms with Crippen LogP contribution in [0, 0.1) is 5.92 Å². The van der Waals surface area contributed by atoms with Gasteiger partial charge in [-0.15, -0.1) is 0 Å². The summed E-state index contributed by atoms with van der Waals surface area (Å²) in [5, 5.41) is 2.22. The molecule has 2 fully saturated rings. The predicted octanol–water partition coefficient (Wildman–Crippen LogP) is 2.23. The van der Waals surface area contributed by atoms with Gasteiger partial charge in [0.1, 0.15) is 5.92 Å². The fourth-order valence-electron chi connectivity index (χ4n) is 3.59. The van der Waals surface area contributed by atoms with Crippen LogP contribution in [0.4, 0.5) is 5.69 Å². The molecule has 27 heavy (non-hydrogen) atoms. The number of hydroxylamine groups is 1. The van der Waals surface area contributed by atoms with Crippen LogP contribution in [0.1, 0.15) is 11.6 Å². The van der Waals surface area contributed by atoms with Gasteiger partial charge in [0.2, 0.25) is 5.91 Å². The van der Waals surface area contributed by atoms with Crippen LogP contribution in [0.15, 0.2) is 48.8 Å². The van der Waals surface area contributed by atoms with Gasteiger partial charge in [0.05, 0.1) is 24.9 Å². The van der Waals surface area contributed by atoms with Gasteiger partial charge in [-0.1, -0.05) is 11.6 Å². The lowest BCUT2D eigenvalue weighted by atomic mass is 9.91. The fourth-order valence-corrected chi connectivity index (χ4v) is 3.71. The van der Waals surface area contributed by atoms with E-state index in [1.54, 1.807) is 41.7 Å². The molecule has 0 unspecified atom stereocenters. The van der Waals surface area contributed by atoms with Gasteiger partial charge >= 0.3 is 0 Å². The third-order valence-electron chi connectivity index (χ3n) is 4.85. The number of methoxy groups -OCH3 is 1. The van der Waals surface area contributed by atoms with E-state index in [4.69, 9.17) is 21.2 Å². The van der Waals surface area contributed by atoms with Crippen molar-refractivity contribution < 1.29 is 19.2 Å². The molecule has 0 bridgehead atoms. The lowest BCUT2D eigenvalue weighted by Gasteiger charge is -2.28. The summed E-state index contributed by atoms with van der Waals surface area (Å²) in [7, 11) is 1.53. The smallest absolute Gasteiger partial charge is 0.262 e. The first kappa shape index (κ1) is 17.9. The van der Waals surface area contributed by atoms with E-state index in [1.807, 2.05) is 12.1 Å². The molecule has 7 nitrogen and oxygen atoms in total.